The van der Waals surface area contributed by atoms with E-state index >= 15 is 0 Å². The van der Waals surface area contributed by atoms with Crippen LogP contribution in [0.4, 0.5) is 0 Å². The molecule has 1 amide bonds. The third-order valence-electron chi connectivity index (χ3n) is 3.86. The van der Waals surface area contributed by atoms with Crippen molar-refractivity contribution in [2.75, 3.05) is 47.4 Å². The summed E-state index contributed by atoms with van der Waals surface area (Å²) in [5.41, 5.74) is 6.34. The standard InChI is InChI=1S/C15H23N3O3/c1-17-6-7-18(11(9-16)10-17)15(19)13-8-12(20-2)4-5-14(13)21-3/h4-5,8,11H,6-7,9-10,16H2,1-3H3. The Hall–Kier alpha value is -1.79. The average molecular weight is 293 g/mol. The van der Waals surface area contributed by atoms with E-state index in [9.17, 15) is 4.79 Å². The molecular weight excluding hydrogens is 270 g/mol. The second-order valence-corrected chi connectivity index (χ2v) is 5.22. The number of ether oxygens (including phenoxy) is 2. The lowest BCUT2D eigenvalue weighted by atomic mass is 10.1. The molecule has 0 aliphatic carbocycles. The first kappa shape index (κ1) is 15.6. The van der Waals surface area contributed by atoms with Gasteiger partial charge >= 0.3 is 0 Å². The Morgan fingerprint density at radius 1 is 1.33 bits per heavy atom. The lowest BCUT2D eigenvalue weighted by Crippen LogP contribution is -2.56. The first-order valence-electron chi connectivity index (χ1n) is 7.02. The predicted octanol–water partition coefficient (Wildman–Crippen LogP) is 0.419. The first-order chi connectivity index (χ1) is 10.1. The average Bonchev–Trinajstić information content (AvgIpc) is 2.53. The van der Waals surface area contributed by atoms with Gasteiger partial charge in [0.05, 0.1) is 25.8 Å². The van der Waals surface area contributed by atoms with Gasteiger partial charge in [0.15, 0.2) is 0 Å². The number of nitrogens with two attached hydrogens (primary N) is 1. The molecule has 1 aliphatic rings. The van der Waals surface area contributed by atoms with E-state index in [4.69, 9.17) is 15.2 Å². The van der Waals surface area contributed by atoms with E-state index in [1.54, 1.807) is 32.4 Å². The highest BCUT2D eigenvalue weighted by Crippen LogP contribution is 2.26. The molecule has 0 aromatic heterocycles. The number of carbonyl (C=O) groups excluding carboxylic acids is 1. The fourth-order valence-electron chi connectivity index (χ4n) is 2.62. The summed E-state index contributed by atoms with van der Waals surface area (Å²) in [6.07, 6.45) is 0. The van der Waals surface area contributed by atoms with Crippen molar-refractivity contribution in [3.63, 3.8) is 0 Å². The smallest absolute Gasteiger partial charge is 0.258 e. The number of hydrogen-bond donors (Lipinski definition) is 1. The van der Waals surface area contributed by atoms with E-state index in [-0.39, 0.29) is 11.9 Å². The van der Waals surface area contributed by atoms with E-state index in [0.717, 1.165) is 13.1 Å². The van der Waals surface area contributed by atoms with Crippen LogP contribution in [0.5, 0.6) is 11.5 Å². The van der Waals surface area contributed by atoms with E-state index < -0.39 is 0 Å². The van der Waals surface area contributed by atoms with E-state index in [1.807, 2.05) is 11.9 Å². The van der Waals surface area contributed by atoms with Gasteiger partial charge in [-0.15, -0.1) is 0 Å². The van der Waals surface area contributed by atoms with Gasteiger partial charge in [0.25, 0.3) is 5.91 Å². The Balaban J connectivity index is 2.30. The molecule has 1 fully saturated rings. The molecule has 1 heterocycles. The van der Waals surface area contributed by atoms with Crippen LogP contribution in [0.1, 0.15) is 10.4 Å². The van der Waals surface area contributed by atoms with Crippen LogP contribution in [-0.4, -0.2) is 69.2 Å². The molecule has 2 N–H and O–H groups in total. The number of carbonyl (C=O) groups is 1. The van der Waals surface area contributed by atoms with Crippen LogP contribution >= 0.6 is 0 Å². The number of piperazine rings is 1. The minimum Gasteiger partial charge on any atom is -0.497 e. The zero-order valence-electron chi connectivity index (χ0n) is 12.8. The van der Waals surface area contributed by atoms with Crippen LogP contribution in [0.3, 0.4) is 0 Å². The van der Waals surface area contributed by atoms with Gasteiger partial charge < -0.3 is 25.0 Å². The van der Waals surface area contributed by atoms with Crippen LogP contribution in [0.25, 0.3) is 0 Å². The van der Waals surface area contributed by atoms with E-state index in [1.165, 1.54) is 0 Å². The fourth-order valence-corrected chi connectivity index (χ4v) is 2.62. The van der Waals surface area contributed by atoms with Crippen molar-refractivity contribution < 1.29 is 14.3 Å². The number of benzene rings is 1. The van der Waals surface area contributed by atoms with Gasteiger partial charge in [-0.05, 0) is 25.2 Å². The quantitative estimate of drug-likeness (QED) is 0.871. The molecule has 0 spiro atoms. The molecule has 21 heavy (non-hydrogen) atoms. The van der Waals surface area contributed by atoms with Crippen LogP contribution < -0.4 is 15.2 Å². The van der Waals surface area contributed by atoms with Gasteiger partial charge in [-0.2, -0.15) is 0 Å². The third kappa shape index (κ3) is 3.28. The third-order valence-corrected chi connectivity index (χ3v) is 3.86. The Morgan fingerprint density at radius 2 is 2.10 bits per heavy atom. The zero-order chi connectivity index (χ0) is 15.4. The summed E-state index contributed by atoms with van der Waals surface area (Å²) in [7, 11) is 5.17. The van der Waals surface area contributed by atoms with Crippen LogP contribution in [-0.2, 0) is 0 Å². The van der Waals surface area contributed by atoms with Crippen molar-refractivity contribution in [3.8, 4) is 11.5 Å². The highest BCUT2D eigenvalue weighted by Gasteiger charge is 2.30. The molecule has 1 saturated heterocycles. The largest absolute Gasteiger partial charge is 0.497 e. The summed E-state index contributed by atoms with van der Waals surface area (Å²) in [6, 6.07) is 5.26. The van der Waals surface area contributed by atoms with Crippen LogP contribution in [0, 0.1) is 0 Å². The number of amides is 1. The molecule has 1 aromatic carbocycles. The highest BCUT2D eigenvalue weighted by atomic mass is 16.5. The SMILES string of the molecule is COc1ccc(OC)c(C(=O)N2CCN(C)CC2CN)c1. The molecule has 1 unspecified atom stereocenters. The summed E-state index contributed by atoms with van der Waals surface area (Å²) >= 11 is 0. The molecule has 1 aromatic rings. The molecule has 0 radical (unpaired) electrons. The maximum atomic E-state index is 12.8. The fraction of sp³-hybridized carbons (Fsp3) is 0.533. The number of hydrogen-bond acceptors (Lipinski definition) is 5. The number of rotatable bonds is 4. The van der Waals surface area contributed by atoms with E-state index in [2.05, 4.69) is 4.90 Å². The van der Waals surface area contributed by atoms with Crippen molar-refractivity contribution in [1.82, 2.24) is 9.80 Å². The summed E-state index contributed by atoms with van der Waals surface area (Å²) < 4.78 is 10.5. The molecule has 1 atom stereocenters. The Labute approximate surface area is 125 Å². The molecule has 1 aliphatic heterocycles. The van der Waals surface area contributed by atoms with Crippen LogP contribution in [0.2, 0.25) is 0 Å². The minimum absolute atomic E-state index is 0.0205. The summed E-state index contributed by atoms with van der Waals surface area (Å²) in [6.45, 7) is 2.74. The van der Waals surface area contributed by atoms with Gasteiger partial charge in [-0.25, -0.2) is 0 Å². The Morgan fingerprint density at radius 3 is 2.71 bits per heavy atom. The maximum absolute atomic E-state index is 12.8. The summed E-state index contributed by atoms with van der Waals surface area (Å²) in [4.78, 5) is 16.9. The highest BCUT2D eigenvalue weighted by molar-refractivity contribution is 5.97. The Kier molecular flexibility index (Phi) is 5.03. The lowest BCUT2D eigenvalue weighted by Gasteiger charge is -2.39. The van der Waals surface area contributed by atoms with Gasteiger partial charge in [-0.1, -0.05) is 0 Å². The maximum Gasteiger partial charge on any atom is 0.258 e. The van der Waals surface area contributed by atoms with Gasteiger partial charge in [-0.3, -0.25) is 4.79 Å². The van der Waals surface area contributed by atoms with Crippen molar-refractivity contribution in [2.24, 2.45) is 5.73 Å². The Bertz CT molecular complexity index is 507. The van der Waals surface area contributed by atoms with Gasteiger partial charge in [0.1, 0.15) is 11.5 Å². The lowest BCUT2D eigenvalue weighted by molar-refractivity contribution is 0.0512. The molecule has 6 nitrogen and oxygen atoms in total. The molecular formula is C15H23N3O3. The minimum atomic E-state index is -0.0608. The number of methoxy groups -OCH3 is 2. The zero-order valence-corrected chi connectivity index (χ0v) is 12.8. The topological polar surface area (TPSA) is 68.0 Å². The van der Waals surface area contributed by atoms with Gasteiger partial charge in [0, 0.05) is 26.2 Å². The van der Waals surface area contributed by atoms with Gasteiger partial charge in [0.2, 0.25) is 0 Å². The summed E-state index contributed by atoms with van der Waals surface area (Å²) in [5, 5.41) is 0. The number of likely N-dealkylation sites (N-methyl/N-ethyl adjacent to an activating group) is 1. The van der Waals surface area contributed by atoms with Crippen molar-refractivity contribution in [1.29, 1.82) is 0 Å². The second-order valence-electron chi connectivity index (χ2n) is 5.22. The van der Waals surface area contributed by atoms with Crippen molar-refractivity contribution in [3.05, 3.63) is 23.8 Å². The normalized spacial score (nSPS) is 19.4. The molecule has 0 saturated carbocycles. The second kappa shape index (κ2) is 6.78. The molecule has 6 heteroatoms. The molecule has 2 rings (SSSR count). The predicted molar refractivity (Wildman–Crippen MR) is 80.9 cm³/mol. The number of nitrogens with zero attached hydrogens (tertiary/aromatic N) is 2. The van der Waals surface area contributed by atoms with E-state index in [0.29, 0.717) is 30.2 Å². The molecule has 0 bridgehead atoms. The van der Waals surface area contributed by atoms with Crippen molar-refractivity contribution in [2.45, 2.75) is 6.04 Å². The van der Waals surface area contributed by atoms with Crippen molar-refractivity contribution >= 4 is 5.91 Å². The summed E-state index contributed by atoms with van der Waals surface area (Å²) in [5.74, 6) is 1.13. The molecule has 116 valence electrons. The van der Waals surface area contributed by atoms with Crippen LogP contribution in [0.15, 0.2) is 18.2 Å². The first-order valence-corrected chi connectivity index (χ1v) is 7.02. The monoisotopic (exact) mass is 293 g/mol.